The number of methoxy groups -OCH3 is 2. The van der Waals surface area contributed by atoms with Gasteiger partial charge in [0.25, 0.3) is 0 Å². The zero-order valence-electron chi connectivity index (χ0n) is 28.6. The number of hydrogen-bond donors (Lipinski definition) is 4. The van der Waals surface area contributed by atoms with Gasteiger partial charge in [-0.05, 0) is 38.2 Å². The number of hydrogen-bond acceptors (Lipinski definition) is 9. The van der Waals surface area contributed by atoms with Crippen LogP contribution in [0.3, 0.4) is 0 Å². The molecule has 0 radical (unpaired) electrons. The molecule has 252 valence electrons. The smallest absolute Gasteiger partial charge is 0.373 e. The number of carbonyl (C=O) groups excluding carboxylic acids is 1. The second kappa shape index (κ2) is 16.5. The van der Waals surface area contributed by atoms with Crippen LogP contribution in [0.4, 0.5) is 0 Å². The molecule has 2 aliphatic rings. The van der Waals surface area contributed by atoms with E-state index in [0.717, 1.165) is 11.1 Å². The molecular formula is C35H58O9. The zero-order chi connectivity index (χ0) is 33.5. The van der Waals surface area contributed by atoms with Gasteiger partial charge in [0.1, 0.15) is 12.2 Å². The van der Waals surface area contributed by atoms with Gasteiger partial charge < -0.3 is 39.4 Å². The molecule has 0 spiro atoms. The molecular weight excluding hydrogens is 564 g/mol. The minimum atomic E-state index is -1.80. The average Bonchev–Trinajstić information content (AvgIpc) is 2.96. The van der Waals surface area contributed by atoms with Crippen LogP contribution in [-0.2, 0) is 23.7 Å². The molecule has 0 saturated carbocycles. The van der Waals surface area contributed by atoms with Gasteiger partial charge in [-0.3, -0.25) is 0 Å². The Kier molecular flexibility index (Phi) is 14.3. The van der Waals surface area contributed by atoms with Crippen molar-refractivity contribution in [1.29, 1.82) is 0 Å². The van der Waals surface area contributed by atoms with Gasteiger partial charge >= 0.3 is 5.97 Å². The van der Waals surface area contributed by atoms with E-state index in [9.17, 15) is 25.2 Å². The Hall–Kier alpha value is -2.01. The topological polar surface area (TPSA) is 135 Å². The molecule has 0 bridgehead atoms. The number of aliphatic hydroxyl groups excluding tert-OH is 3. The standard InChI is InChI=1S/C35H58O9/c1-19(2)32-24(7)27(36)18-35(40,44-32)26(9)31(38)25(8)33-28(41-10)14-12-13-20(3)15-22(5)30(37)23(6)16-21(4)17-29(42-11)34(39)43-33/h12-14,16-17,19,22-28,30-33,36-38,40H,15,18H2,1-11H3/b14-12?,20-13-,21-16+,29-17-/t22-,23+,24-,25-,26-,27+,28-,30-,31+,32+,33+,35+/m1/s1. The molecule has 0 amide bonds. The van der Waals surface area contributed by atoms with E-state index in [4.69, 9.17) is 18.9 Å². The summed E-state index contributed by atoms with van der Waals surface area (Å²) in [6.45, 7) is 17.0. The monoisotopic (exact) mass is 622 g/mol. The molecule has 2 aliphatic heterocycles. The van der Waals surface area contributed by atoms with Crippen molar-refractivity contribution in [3.05, 3.63) is 47.3 Å². The van der Waals surface area contributed by atoms with E-state index in [1.165, 1.54) is 14.2 Å². The highest BCUT2D eigenvalue weighted by Gasteiger charge is 2.51. The van der Waals surface area contributed by atoms with E-state index in [1.807, 2.05) is 66.7 Å². The average molecular weight is 623 g/mol. The normalized spacial score (nSPS) is 40.5. The first-order valence-electron chi connectivity index (χ1n) is 15.9. The highest BCUT2D eigenvalue weighted by atomic mass is 16.6. The summed E-state index contributed by atoms with van der Waals surface area (Å²) in [4.78, 5) is 13.5. The summed E-state index contributed by atoms with van der Waals surface area (Å²) < 4.78 is 23.4. The molecule has 1 fully saturated rings. The quantitative estimate of drug-likeness (QED) is 0.298. The number of carbonyl (C=O) groups is 1. The maximum atomic E-state index is 13.5. The molecule has 9 heteroatoms. The van der Waals surface area contributed by atoms with E-state index in [1.54, 1.807) is 26.0 Å². The Labute approximate surface area is 264 Å². The zero-order valence-corrected chi connectivity index (χ0v) is 28.6. The van der Waals surface area contributed by atoms with Crippen LogP contribution in [0.2, 0.25) is 0 Å². The first-order valence-corrected chi connectivity index (χ1v) is 15.9. The fourth-order valence-corrected chi connectivity index (χ4v) is 6.54. The van der Waals surface area contributed by atoms with Crippen molar-refractivity contribution < 1.29 is 44.2 Å². The van der Waals surface area contributed by atoms with Crippen LogP contribution in [0.1, 0.15) is 75.2 Å². The van der Waals surface area contributed by atoms with Crippen molar-refractivity contribution in [1.82, 2.24) is 0 Å². The third-order valence-corrected chi connectivity index (χ3v) is 9.50. The summed E-state index contributed by atoms with van der Waals surface area (Å²) >= 11 is 0. The summed E-state index contributed by atoms with van der Waals surface area (Å²) in [6.07, 6.45) is 4.85. The molecule has 1 saturated heterocycles. The molecule has 0 aromatic rings. The Morgan fingerprint density at radius 2 is 1.68 bits per heavy atom. The predicted octanol–water partition coefficient (Wildman–Crippen LogP) is 4.69. The fourth-order valence-electron chi connectivity index (χ4n) is 6.54. The van der Waals surface area contributed by atoms with Gasteiger partial charge in [-0.1, -0.05) is 83.9 Å². The maximum Gasteiger partial charge on any atom is 0.373 e. The highest BCUT2D eigenvalue weighted by Crippen LogP contribution is 2.41. The molecule has 2 heterocycles. The minimum absolute atomic E-state index is 0.00492. The van der Waals surface area contributed by atoms with Crippen LogP contribution < -0.4 is 0 Å². The summed E-state index contributed by atoms with van der Waals surface area (Å²) in [5.41, 5.74) is 1.78. The third-order valence-electron chi connectivity index (χ3n) is 9.50. The lowest BCUT2D eigenvalue weighted by Gasteiger charge is -2.49. The number of esters is 1. The largest absolute Gasteiger partial charge is 0.490 e. The molecule has 9 nitrogen and oxygen atoms in total. The Morgan fingerprint density at radius 3 is 2.25 bits per heavy atom. The molecule has 2 rings (SSSR count). The van der Waals surface area contributed by atoms with Crippen LogP contribution in [0.5, 0.6) is 0 Å². The molecule has 0 aromatic carbocycles. The number of aliphatic hydroxyl groups is 4. The third kappa shape index (κ3) is 9.50. The number of ether oxygens (including phenoxy) is 4. The van der Waals surface area contributed by atoms with Crippen molar-refractivity contribution in [2.45, 2.75) is 118 Å². The van der Waals surface area contributed by atoms with Crippen molar-refractivity contribution in [2.75, 3.05) is 14.2 Å². The van der Waals surface area contributed by atoms with Crippen molar-refractivity contribution in [3.8, 4) is 0 Å². The van der Waals surface area contributed by atoms with Crippen LogP contribution in [0.25, 0.3) is 0 Å². The first-order chi connectivity index (χ1) is 20.5. The lowest BCUT2D eigenvalue weighted by atomic mass is 9.76. The van der Waals surface area contributed by atoms with Crippen LogP contribution in [-0.4, -0.2) is 83.0 Å². The van der Waals surface area contributed by atoms with E-state index >= 15 is 0 Å². The second-order valence-electron chi connectivity index (χ2n) is 13.6. The summed E-state index contributed by atoms with van der Waals surface area (Å²) in [6, 6.07) is 0. The number of rotatable bonds is 7. The fraction of sp³-hybridized carbons (Fsp3) is 0.743. The van der Waals surface area contributed by atoms with E-state index in [-0.39, 0.29) is 35.9 Å². The molecule has 4 N–H and O–H groups in total. The van der Waals surface area contributed by atoms with Crippen molar-refractivity contribution in [2.24, 2.45) is 35.5 Å². The SMILES string of the molecule is CO/C1=C\C(C)=C\[C@H](C)[C@H](O)[C@H](C)C/C(C)=C\C=C[C@@H](OC)[C@H]([C@H](C)[C@H](O)[C@@H](C)[C@]2(O)C[C@H](O)[C@@H](C)[C@H](C(C)C)O2)OC1=O. The molecule has 44 heavy (non-hydrogen) atoms. The number of allylic oxidation sites excluding steroid dienone is 5. The first kappa shape index (κ1) is 38.2. The Morgan fingerprint density at radius 1 is 1.05 bits per heavy atom. The van der Waals surface area contributed by atoms with Gasteiger partial charge in [0.05, 0.1) is 31.5 Å². The lowest BCUT2D eigenvalue weighted by Crippen LogP contribution is -2.59. The van der Waals surface area contributed by atoms with Gasteiger partial charge in [-0.25, -0.2) is 4.79 Å². The van der Waals surface area contributed by atoms with Crippen LogP contribution in [0.15, 0.2) is 47.3 Å². The molecule has 0 aromatic heterocycles. The van der Waals surface area contributed by atoms with Gasteiger partial charge in [-0.15, -0.1) is 0 Å². The van der Waals surface area contributed by atoms with Crippen LogP contribution in [0, 0.1) is 35.5 Å². The molecule has 0 unspecified atom stereocenters. The van der Waals surface area contributed by atoms with Gasteiger partial charge in [0.2, 0.25) is 5.76 Å². The van der Waals surface area contributed by atoms with Crippen LogP contribution >= 0.6 is 0 Å². The van der Waals surface area contributed by atoms with Gasteiger partial charge in [0, 0.05) is 37.2 Å². The van der Waals surface area contributed by atoms with Crippen molar-refractivity contribution in [3.63, 3.8) is 0 Å². The summed E-state index contributed by atoms with van der Waals surface area (Å²) in [5.74, 6) is -4.49. The highest BCUT2D eigenvalue weighted by molar-refractivity contribution is 5.87. The lowest BCUT2D eigenvalue weighted by molar-refractivity contribution is -0.328. The van der Waals surface area contributed by atoms with Gasteiger partial charge in [0.15, 0.2) is 5.79 Å². The molecule has 0 aliphatic carbocycles. The summed E-state index contributed by atoms with van der Waals surface area (Å²) in [7, 11) is 2.87. The van der Waals surface area contributed by atoms with Crippen molar-refractivity contribution >= 4 is 5.97 Å². The predicted molar refractivity (Wildman–Crippen MR) is 170 cm³/mol. The summed E-state index contributed by atoms with van der Waals surface area (Å²) in [5, 5.41) is 45.0. The number of cyclic esters (lactones) is 1. The van der Waals surface area contributed by atoms with E-state index in [2.05, 4.69) is 0 Å². The van der Waals surface area contributed by atoms with E-state index in [0.29, 0.717) is 6.42 Å². The maximum absolute atomic E-state index is 13.5. The second-order valence-corrected chi connectivity index (χ2v) is 13.6. The molecule has 12 atom stereocenters. The Balaban J connectivity index is 2.52. The minimum Gasteiger partial charge on any atom is -0.490 e. The Bertz CT molecular complexity index is 1060. The van der Waals surface area contributed by atoms with Gasteiger partial charge in [-0.2, -0.15) is 0 Å². The van der Waals surface area contributed by atoms with E-state index < -0.39 is 60.2 Å².